The summed E-state index contributed by atoms with van der Waals surface area (Å²) < 4.78 is 5.64. The maximum atomic E-state index is 11.6. The van der Waals surface area contributed by atoms with Crippen LogP contribution in [0.25, 0.3) is 0 Å². The molecule has 3 N–H and O–H groups in total. The van der Waals surface area contributed by atoms with Crippen molar-refractivity contribution in [3.63, 3.8) is 0 Å². The summed E-state index contributed by atoms with van der Waals surface area (Å²) >= 11 is 0. The van der Waals surface area contributed by atoms with Gasteiger partial charge in [0.15, 0.2) is 0 Å². The van der Waals surface area contributed by atoms with Gasteiger partial charge in [-0.05, 0) is 51.5 Å². The van der Waals surface area contributed by atoms with Crippen molar-refractivity contribution in [3.05, 3.63) is 23.8 Å². The maximum Gasteiger partial charge on any atom is 0.225 e. The van der Waals surface area contributed by atoms with Crippen molar-refractivity contribution in [1.29, 1.82) is 0 Å². The van der Waals surface area contributed by atoms with Crippen LogP contribution in [0.4, 0.5) is 5.69 Å². The summed E-state index contributed by atoms with van der Waals surface area (Å²) in [7, 11) is 0. The Morgan fingerprint density at radius 3 is 2.47 bits per heavy atom. The number of ether oxygens (including phenoxy) is 1. The van der Waals surface area contributed by atoms with Crippen LogP contribution >= 0.6 is 12.4 Å². The highest BCUT2D eigenvalue weighted by Gasteiger charge is 2.07. The van der Waals surface area contributed by atoms with Gasteiger partial charge in [0.05, 0.1) is 6.10 Å². The molecule has 1 atom stereocenters. The van der Waals surface area contributed by atoms with Gasteiger partial charge in [-0.3, -0.25) is 4.79 Å². The number of anilines is 1. The largest absolute Gasteiger partial charge is 0.491 e. The van der Waals surface area contributed by atoms with Crippen molar-refractivity contribution in [1.82, 2.24) is 0 Å². The highest BCUT2D eigenvalue weighted by Crippen LogP contribution is 2.23. The Kier molecular flexibility index (Phi) is 7.49. The Morgan fingerprint density at radius 2 is 2.00 bits per heavy atom. The summed E-state index contributed by atoms with van der Waals surface area (Å²) in [6.07, 6.45) is 0.464. The van der Waals surface area contributed by atoms with Crippen LogP contribution in [0.3, 0.4) is 0 Å². The SMILES string of the molecule is Cc1cc(NC(=O)CC(C)N)ccc1OC(C)C.Cl. The molecule has 108 valence electrons. The minimum absolute atomic E-state index is 0. The number of hydrogen-bond donors (Lipinski definition) is 2. The van der Waals surface area contributed by atoms with Crippen molar-refractivity contribution in [2.24, 2.45) is 5.73 Å². The topological polar surface area (TPSA) is 64.4 Å². The molecule has 0 heterocycles. The number of rotatable bonds is 5. The average molecular weight is 287 g/mol. The first kappa shape index (κ1) is 17.7. The van der Waals surface area contributed by atoms with Crippen molar-refractivity contribution in [3.8, 4) is 5.75 Å². The Labute approximate surface area is 121 Å². The molecule has 0 saturated heterocycles. The first-order chi connectivity index (χ1) is 8.38. The average Bonchev–Trinajstić information content (AvgIpc) is 2.20. The second-order valence-electron chi connectivity index (χ2n) is 4.88. The van der Waals surface area contributed by atoms with Crippen LogP contribution < -0.4 is 15.8 Å². The Morgan fingerprint density at radius 1 is 1.37 bits per heavy atom. The second-order valence-corrected chi connectivity index (χ2v) is 4.88. The van der Waals surface area contributed by atoms with Crippen LogP contribution in [0.15, 0.2) is 18.2 Å². The molecule has 5 heteroatoms. The van der Waals surface area contributed by atoms with E-state index in [1.54, 1.807) is 0 Å². The van der Waals surface area contributed by atoms with E-state index >= 15 is 0 Å². The van der Waals surface area contributed by atoms with Gasteiger partial charge in [-0.25, -0.2) is 0 Å². The quantitative estimate of drug-likeness (QED) is 0.875. The van der Waals surface area contributed by atoms with Crippen LogP contribution in [0.1, 0.15) is 32.8 Å². The number of aryl methyl sites for hydroxylation is 1. The second kappa shape index (κ2) is 8.02. The van der Waals surface area contributed by atoms with E-state index in [1.807, 2.05) is 45.9 Å². The van der Waals surface area contributed by atoms with Crippen LogP contribution in [0.5, 0.6) is 5.75 Å². The molecule has 0 aromatic heterocycles. The van der Waals surface area contributed by atoms with Crippen LogP contribution in [-0.2, 0) is 4.79 Å². The minimum atomic E-state index is -0.130. The van der Waals surface area contributed by atoms with E-state index < -0.39 is 0 Å². The van der Waals surface area contributed by atoms with Gasteiger partial charge in [-0.1, -0.05) is 0 Å². The zero-order chi connectivity index (χ0) is 13.7. The maximum absolute atomic E-state index is 11.6. The lowest BCUT2D eigenvalue weighted by Crippen LogP contribution is -2.24. The lowest BCUT2D eigenvalue weighted by Gasteiger charge is -2.14. The summed E-state index contributed by atoms with van der Waals surface area (Å²) in [4.78, 5) is 11.6. The van der Waals surface area contributed by atoms with E-state index in [0.717, 1.165) is 17.0 Å². The zero-order valence-corrected chi connectivity index (χ0v) is 12.7. The molecule has 0 bridgehead atoms. The molecule has 0 aliphatic carbocycles. The van der Waals surface area contributed by atoms with E-state index in [1.165, 1.54) is 0 Å². The van der Waals surface area contributed by atoms with Gasteiger partial charge in [0, 0.05) is 18.2 Å². The summed E-state index contributed by atoms with van der Waals surface area (Å²) in [5.74, 6) is 0.775. The Bertz CT molecular complexity index is 420. The molecule has 0 saturated carbocycles. The normalized spacial score (nSPS) is 11.7. The molecule has 0 aliphatic rings. The molecular formula is C14H23ClN2O2. The summed E-state index contributed by atoms with van der Waals surface area (Å²) in [5, 5.41) is 2.82. The number of hydrogen-bond acceptors (Lipinski definition) is 3. The lowest BCUT2D eigenvalue weighted by atomic mass is 10.2. The molecule has 1 aromatic rings. The number of nitrogens with one attached hydrogen (secondary N) is 1. The molecule has 1 aromatic carbocycles. The zero-order valence-electron chi connectivity index (χ0n) is 11.9. The highest BCUT2D eigenvalue weighted by molar-refractivity contribution is 5.91. The van der Waals surface area contributed by atoms with Gasteiger partial charge in [-0.15, -0.1) is 12.4 Å². The number of benzene rings is 1. The van der Waals surface area contributed by atoms with Crippen molar-refractivity contribution >= 4 is 24.0 Å². The smallest absolute Gasteiger partial charge is 0.225 e. The number of amides is 1. The number of carbonyl (C=O) groups is 1. The van der Waals surface area contributed by atoms with Gasteiger partial charge in [0.1, 0.15) is 5.75 Å². The molecule has 0 aliphatic heterocycles. The van der Waals surface area contributed by atoms with Gasteiger partial charge in [0.2, 0.25) is 5.91 Å². The van der Waals surface area contributed by atoms with Gasteiger partial charge >= 0.3 is 0 Å². The minimum Gasteiger partial charge on any atom is -0.491 e. The summed E-state index contributed by atoms with van der Waals surface area (Å²) in [6, 6.07) is 5.48. The number of nitrogens with two attached hydrogens (primary N) is 1. The van der Waals surface area contributed by atoms with Crippen LogP contribution in [0.2, 0.25) is 0 Å². The number of carbonyl (C=O) groups excluding carboxylic acids is 1. The molecular weight excluding hydrogens is 264 g/mol. The lowest BCUT2D eigenvalue weighted by molar-refractivity contribution is -0.116. The molecule has 1 unspecified atom stereocenters. The third-order valence-electron chi connectivity index (χ3n) is 2.33. The van der Waals surface area contributed by atoms with Gasteiger partial charge in [-0.2, -0.15) is 0 Å². The monoisotopic (exact) mass is 286 g/mol. The highest BCUT2D eigenvalue weighted by atomic mass is 35.5. The Hall–Kier alpha value is -1.26. The van der Waals surface area contributed by atoms with Gasteiger partial charge < -0.3 is 15.8 Å². The molecule has 0 fully saturated rings. The first-order valence-electron chi connectivity index (χ1n) is 6.21. The predicted molar refractivity (Wildman–Crippen MR) is 81.1 cm³/mol. The van der Waals surface area contributed by atoms with E-state index in [-0.39, 0.29) is 30.5 Å². The molecule has 19 heavy (non-hydrogen) atoms. The fourth-order valence-corrected chi connectivity index (χ4v) is 1.62. The molecule has 4 nitrogen and oxygen atoms in total. The third kappa shape index (κ3) is 6.45. The first-order valence-corrected chi connectivity index (χ1v) is 6.21. The predicted octanol–water partition coefficient (Wildman–Crippen LogP) is 2.88. The van der Waals surface area contributed by atoms with E-state index in [9.17, 15) is 4.79 Å². The Balaban J connectivity index is 0.00000324. The molecule has 1 rings (SSSR count). The van der Waals surface area contributed by atoms with Crippen molar-refractivity contribution in [2.75, 3.05) is 5.32 Å². The fourth-order valence-electron chi connectivity index (χ4n) is 1.62. The third-order valence-corrected chi connectivity index (χ3v) is 2.33. The number of halogens is 1. The van der Waals surface area contributed by atoms with Crippen molar-refractivity contribution < 1.29 is 9.53 Å². The standard InChI is InChI=1S/C14H22N2O2.ClH/c1-9(2)18-13-6-5-12(7-10(13)3)16-14(17)8-11(4)15;/h5-7,9,11H,8,15H2,1-4H3,(H,16,17);1H. The van der Waals surface area contributed by atoms with E-state index in [0.29, 0.717) is 6.42 Å². The molecule has 0 spiro atoms. The fraction of sp³-hybridized carbons (Fsp3) is 0.500. The summed E-state index contributed by atoms with van der Waals surface area (Å²) in [5.41, 5.74) is 7.35. The summed E-state index contributed by atoms with van der Waals surface area (Å²) in [6.45, 7) is 7.73. The van der Waals surface area contributed by atoms with Crippen LogP contribution in [-0.4, -0.2) is 18.1 Å². The molecule has 1 amide bonds. The van der Waals surface area contributed by atoms with Crippen molar-refractivity contribution in [2.45, 2.75) is 46.3 Å². The molecule has 0 radical (unpaired) electrons. The van der Waals surface area contributed by atoms with E-state index in [4.69, 9.17) is 10.5 Å². The van der Waals surface area contributed by atoms with Gasteiger partial charge in [0.25, 0.3) is 0 Å². The van der Waals surface area contributed by atoms with E-state index in [2.05, 4.69) is 5.32 Å². The van der Waals surface area contributed by atoms with Crippen LogP contribution in [0, 0.1) is 6.92 Å².